The second-order valence-electron chi connectivity index (χ2n) is 8.43. The van der Waals surface area contributed by atoms with Crippen molar-refractivity contribution >= 4 is 17.2 Å². The van der Waals surface area contributed by atoms with Crippen LogP contribution in [-0.4, -0.2) is 55.1 Å². The highest BCUT2D eigenvalue weighted by atomic mass is 32.1. The fourth-order valence-electron chi connectivity index (χ4n) is 4.60. The summed E-state index contributed by atoms with van der Waals surface area (Å²) in [6.45, 7) is 3.70. The molecule has 1 fully saturated rings. The Morgan fingerprint density at radius 3 is 3.03 bits per heavy atom. The molecule has 162 valence electrons. The van der Waals surface area contributed by atoms with Crippen molar-refractivity contribution in [2.75, 3.05) is 19.6 Å². The van der Waals surface area contributed by atoms with Crippen LogP contribution < -0.4 is 5.56 Å². The summed E-state index contributed by atoms with van der Waals surface area (Å²) in [6, 6.07) is 3.70. The molecular formula is C22H26N6O2S. The van der Waals surface area contributed by atoms with Gasteiger partial charge >= 0.3 is 0 Å². The Morgan fingerprint density at radius 1 is 1.35 bits per heavy atom. The van der Waals surface area contributed by atoms with Gasteiger partial charge in [0.25, 0.3) is 11.5 Å². The Balaban J connectivity index is 1.31. The van der Waals surface area contributed by atoms with Crippen molar-refractivity contribution < 1.29 is 4.79 Å². The third kappa shape index (κ3) is 4.20. The summed E-state index contributed by atoms with van der Waals surface area (Å²) in [6.07, 6.45) is 6.68. The van der Waals surface area contributed by atoms with E-state index in [0.29, 0.717) is 30.0 Å². The summed E-state index contributed by atoms with van der Waals surface area (Å²) < 4.78 is 1.83. The van der Waals surface area contributed by atoms with Crippen molar-refractivity contribution in [3.8, 4) is 0 Å². The molecule has 8 nitrogen and oxygen atoms in total. The SMILES string of the molecule is Cn1cc(CN2CCCC(c3nc4c(c(=O)[nH]3)CN(C(=O)c3cccs3)CC4)C2)cn1. The molecule has 9 heteroatoms. The van der Waals surface area contributed by atoms with Gasteiger partial charge in [-0.2, -0.15) is 5.10 Å². The van der Waals surface area contributed by atoms with Gasteiger partial charge in [-0.15, -0.1) is 11.3 Å². The number of likely N-dealkylation sites (tertiary alicyclic amines) is 1. The Bertz CT molecular complexity index is 1140. The molecule has 0 spiro atoms. The van der Waals surface area contributed by atoms with Gasteiger partial charge in [-0.25, -0.2) is 4.98 Å². The number of nitrogens with one attached hydrogen (secondary N) is 1. The number of rotatable bonds is 4. The molecule has 1 N–H and O–H groups in total. The molecule has 5 heterocycles. The Kier molecular flexibility index (Phi) is 5.45. The first kappa shape index (κ1) is 20.1. The maximum atomic E-state index is 12.9. The monoisotopic (exact) mass is 438 g/mol. The molecule has 0 radical (unpaired) electrons. The van der Waals surface area contributed by atoms with Crippen LogP contribution in [0.3, 0.4) is 0 Å². The van der Waals surface area contributed by atoms with Crippen molar-refractivity contribution in [2.45, 2.75) is 38.3 Å². The van der Waals surface area contributed by atoms with Crippen LogP contribution in [0.4, 0.5) is 0 Å². The largest absolute Gasteiger partial charge is 0.333 e. The number of aryl methyl sites for hydroxylation is 1. The van der Waals surface area contributed by atoms with E-state index in [2.05, 4.69) is 15.0 Å². The molecule has 2 aliphatic rings. The number of hydrogen-bond donors (Lipinski definition) is 1. The lowest BCUT2D eigenvalue weighted by Gasteiger charge is -2.33. The van der Waals surface area contributed by atoms with Crippen molar-refractivity contribution in [1.82, 2.24) is 29.5 Å². The molecule has 0 aromatic carbocycles. The molecule has 3 aromatic heterocycles. The zero-order chi connectivity index (χ0) is 21.4. The van der Waals surface area contributed by atoms with Gasteiger partial charge in [0.15, 0.2) is 0 Å². The summed E-state index contributed by atoms with van der Waals surface area (Å²) in [5.74, 6) is 0.995. The number of fused-ring (bicyclic) bond motifs is 1. The minimum absolute atomic E-state index is 0.0116. The van der Waals surface area contributed by atoms with Crippen molar-refractivity contribution in [3.63, 3.8) is 0 Å². The number of nitrogens with zero attached hydrogens (tertiary/aromatic N) is 5. The second kappa shape index (κ2) is 8.39. The van der Waals surface area contributed by atoms with Gasteiger partial charge in [-0.1, -0.05) is 6.07 Å². The lowest BCUT2D eigenvalue weighted by molar-refractivity contribution is 0.0737. The summed E-state index contributed by atoms with van der Waals surface area (Å²) >= 11 is 1.43. The van der Waals surface area contributed by atoms with Crippen LogP contribution in [0.5, 0.6) is 0 Å². The number of carbonyl (C=O) groups excluding carboxylic acids is 1. The van der Waals surface area contributed by atoms with Gasteiger partial charge in [0.1, 0.15) is 5.82 Å². The molecule has 0 saturated carbocycles. The number of carbonyl (C=O) groups is 1. The molecule has 3 aromatic rings. The molecule has 2 aliphatic heterocycles. The summed E-state index contributed by atoms with van der Waals surface area (Å²) in [5.41, 5.74) is 2.57. The summed E-state index contributed by atoms with van der Waals surface area (Å²) in [7, 11) is 1.93. The highest BCUT2D eigenvalue weighted by Gasteiger charge is 2.28. The van der Waals surface area contributed by atoms with E-state index in [9.17, 15) is 9.59 Å². The molecule has 1 saturated heterocycles. The lowest BCUT2D eigenvalue weighted by Crippen LogP contribution is -2.40. The van der Waals surface area contributed by atoms with Gasteiger partial charge in [0.2, 0.25) is 0 Å². The first-order valence-electron chi connectivity index (χ1n) is 10.7. The van der Waals surface area contributed by atoms with Gasteiger partial charge < -0.3 is 9.88 Å². The number of aromatic amines is 1. The summed E-state index contributed by atoms with van der Waals surface area (Å²) in [5, 5.41) is 6.15. The van der Waals surface area contributed by atoms with Gasteiger partial charge in [0, 0.05) is 50.8 Å². The third-order valence-electron chi connectivity index (χ3n) is 6.16. The Hall–Kier alpha value is -2.78. The molecular weight excluding hydrogens is 412 g/mol. The van der Waals surface area contributed by atoms with E-state index in [4.69, 9.17) is 4.98 Å². The number of amides is 1. The number of aromatic nitrogens is 4. The average molecular weight is 439 g/mol. The van der Waals surface area contributed by atoms with Crippen molar-refractivity contribution in [2.24, 2.45) is 7.05 Å². The zero-order valence-electron chi connectivity index (χ0n) is 17.6. The fraction of sp³-hybridized carbons (Fsp3) is 0.455. The van der Waals surface area contributed by atoms with Crippen LogP contribution in [0.1, 0.15) is 51.1 Å². The fourth-order valence-corrected chi connectivity index (χ4v) is 5.29. The van der Waals surface area contributed by atoms with Crippen LogP contribution in [0.25, 0.3) is 0 Å². The molecule has 0 aliphatic carbocycles. The van der Waals surface area contributed by atoms with Crippen LogP contribution >= 0.6 is 11.3 Å². The van der Waals surface area contributed by atoms with Crippen LogP contribution in [0.15, 0.2) is 34.7 Å². The summed E-state index contributed by atoms with van der Waals surface area (Å²) in [4.78, 5) is 38.4. The highest BCUT2D eigenvalue weighted by Crippen LogP contribution is 2.26. The number of H-pyrrole nitrogens is 1. The van der Waals surface area contributed by atoms with Crippen LogP contribution in [0.2, 0.25) is 0 Å². The zero-order valence-corrected chi connectivity index (χ0v) is 18.4. The lowest BCUT2D eigenvalue weighted by atomic mass is 9.96. The highest BCUT2D eigenvalue weighted by molar-refractivity contribution is 7.12. The van der Waals surface area contributed by atoms with E-state index in [-0.39, 0.29) is 17.4 Å². The average Bonchev–Trinajstić information content (AvgIpc) is 3.45. The second-order valence-corrected chi connectivity index (χ2v) is 9.37. The molecule has 5 rings (SSSR count). The molecule has 1 atom stereocenters. The van der Waals surface area contributed by atoms with Crippen LogP contribution in [-0.2, 0) is 26.6 Å². The molecule has 1 amide bonds. The van der Waals surface area contributed by atoms with Gasteiger partial charge in [0.05, 0.1) is 28.9 Å². The number of piperidine rings is 1. The molecule has 31 heavy (non-hydrogen) atoms. The number of thiophene rings is 1. The minimum atomic E-state index is -0.104. The minimum Gasteiger partial charge on any atom is -0.333 e. The Labute approximate surface area is 184 Å². The van der Waals surface area contributed by atoms with E-state index >= 15 is 0 Å². The predicted octanol–water partition coefficient (Wildman–Crippen LogP) is 2.14. The smallest absolute Gasteiger partial charge is 0.264 e. The first-order valence-corrected chi connectivity index (χ1v) is 11.6. The topological polar surface area (TPSA) is 87.1 Å². The Morgan fingerprint density at radius 2 is 2.26 bits per heavy atom. The standard InChI is InChI=1S/C22H26N6O2S/c1-26-11-15(10-23-26)12-27-7-2-4-16(13-27)20-24-18-6-8-28(14-17(18)21(29)25-20)22(30)19-5-3-9-31-19/h3,5,9-11,16H,2,4,6-8,12-14H2,1H3,(H,24,25,29). The quantitative estimate of drug-likeness (QED) is 0.674. The first-order chi connectivity index (χ1) is 15.1. The van der Waals surface area contributed by atoms with Crippen molar-refractivity contribution in [1.29, 1.82) is 0 Å². The maximum absolute atomic E-state index is 12.9. The third-order valence-corrected chi connectivity index (χ3v) is 7.02. The van der Waals surface area contributed by atoms with Crippen LogP contribution in [0, 0.1) is 0 Å². The van der Waals surface area contributed by atoms with Gasteiger partial charge in [-0.05, 0) is 30.8 Å². The number of hydrogen-bond acceptors (Lipinski definition) is 6. The van der Waals surface area contributed by atoms with E-state index in [0.717, 1.165) is 44.0 Å². The van der Waals surface area contributed by atoms with E-state index in [1.165, 1.54) is 16.9 Å². The van der Waals surface area contributed by atoms with Crippen molar-refractivity contribution in [3.05, 3.63) is 67.8 Å². The van der Waals surface area contributed by atoms with E-state index in [1.807, 2.05) is 41.6 Å². The van der Waals surface area contributed by atoms with Gasteiger partial charge in [-0.3, -0.25) is 19.2 Å². The maximum Gasteiger partial charge on any atom is 0.264 e. The predicted molar refractivity (Wildman–Crippen MR) is 118 cm³/mol. The molecule has 1 unspecified atom stereocenters. The normalized spacial score (nSPS) is 19.4. The molecule has 0 bridgehead atoms. The van der Waals surface area contributed by atoms with E-state index in [1.54, 1.807) is 4.90 Å². The van der Waals surface area contributed by atoms with E-state index < -0.39 is 0 Å².